The summed E-state index contributed by atoms with van der Waals surface area (Å²) >= 11 is 6.14. The molecule has 0 aromatic heterocycles. The molecule has 0 atom stereocenters. The van der Waals surface area contributed by atoms with Gasteiger partial charge < -0.3 is 15.0 Å². The Morgan fingerprint density at radius 2 is 1.83 bits per heavy atom. The standard InChI is InChI=1S/C24H21ClN2O3/c1-16(28)27-13-12-17-14-18(6-11-23(17)27)24(29)26-20-7-9-21(10-8-20)30-15-19-4-2-3-5-22(19)25/h2-11,14H,12-13,15H2,1H3,(H,26,29). The van der Waals surface area contributed by atoms with Gasteiger partial charge in [0.25, 0.3) is 5.91 Å². The molecule has 0 bridgehead atoms. The van der Waals surface area contributed by atoms with Gasteiger partial charge in [-0.2, -0.15) is 0 Å². The number of carbonyl (C=O) groups excluding carboxylic acids is 2. The van der Waals surface area contributed by atoms with Crippen LogP contribution in [0.1, 0.15) is 28.4 Å². The first-order chi connectivity index (χ1) is 14.5. The molecule has 1 aliphatic heterocycles. The number of halogens is 1. The lowest BCUT2D eigenvalue weighted by Gasteiger charge is -2.15. The SMILES string of the molecule is CC(=O)N1CCc2cc(C(=O)Nc3ccc(OCc4ccccc4Cl)cc3)ccc21. The maximum absolute atomic E-state index is 12.6. The van der Waals surface area contributed by atoms with Crippen LogP contribution in [0, 0.1) is 0 Å². The van der Waals surface area contributed by atoms with E-state index in [1.165, 1.54) is 0 Å². The lowest BCUT2D eigenvalue weighted by molar-refractivity contribution is -0.116. The third kappa shape index (κ3) is 4.31. The maximum Gasteiger partial charge on any atom is 0.255 e. The van der Waals surface area contributed by atoms with Gasteiger partial charge >= 0.3 is 0 Å². The van der Waals surface area contributed by atoms with E-state index in [9.17, 15) is 9.59 Å². The number of nitrogens with zero attached hydrogens (tertiary/aromatic N) is 1. The van der Waals surface area contributed by atoms with E-state index in [0.717, 1.165) is 23.2 Å². The number of benzene rings is 3. The molecule has 1 N–H and O–H groups in total. The molecule has 6 heteroatoms. The first-order valence-corrected chi connectivity index (χ1v) is 10.1. The van der Waals surface area contributed by atoms with Gasteiger partial charge in [0.1, 0.15) is 12.4 Å². The largest absolute Gasteiger partial charge is 0.489 e. The second-order valence-corrected chi connectivity index (χ2v) is 7.53. The lowest BCUT2D eigenvalue weighted by Crippen LogP contribution is -2.25. The van der Waals surface area contributed by atoms with E-state index >= 15 is 0 Å². The van der Waals surface area contributed by atoms with E-state index in [-0.39, 0.29) is 11.8 Å². The number of amides is 2. The highest BCUT2D eigenvalue weighted by atomic mass is 35.5. The van der Waals surface area contributed by atoms with Gasteiger partial charge in [0.15, 0.2) is 0 Å². The van der Waals surface area contributed by atoms with Gasteiger partial charge in [0.2, 0.25) is 5.91 Å². The fraction of sp³-hybridized carbons (Fsp3) is 0.167. The summed E-state index contributed by atoms with van der Waals surface area (Å²) in [5.74, 6) is 0.515. The van der Waals surface area contributed by atoms with Crippen molar-refractivity contribution in [2.45, 2.75) is 20.0 Å². The maximum atomic E-state index is 12.6. The summed E-state index contributed by atoms with van der Waals surface area (Å²) in [5.41, 5.74) is 4.06. The molecule has 0 spiro atoms. The number of hydrogen-bond donors (Lipinski definition) is 1. The molecule has 0 fully saturated rings. The number of hydrogen-bond acceptors (Lipinski definition) is 3. The molecule has 0 unspecified atom stereocenters. The summed E-state index contributed by atoms with van der Waals surface area (Å²) in [7, 11) is 0. The van der Waals surface area contributed by atoms with Crippen LogP contribution in [-0.4, -0.2) is 18.4 Å². The van der Waals surface area contributed by atoms with Crippen molar-refractivity contribution in [1.29, 1.82) is 0 Å². The van der Waals surface area contributed by atoms with E-state index in [0.29, 0.717) is 35.2 Å². The molecule has 0 aliphatic carbocycles. The molecule has 0 saturated heterocycles. The predicted molar refractivity (Wildman–Crippen MR) is 118 cm³/mol. The van der Waals surface area contributed by atoms with E-state index in [1.807, 2.05) is 36.4 Å². The third-order valence-electron chi connectivity index (χ3n) is 5.08. The normalized spacial score (nSPS) is 12.4. The highest BCUT2D eigenvalue weighted by molar-refractivity contribution is 6.31. The number of ether oxygens (including phenoxy) is 1. The number of rotatable bonds is 5. The quantitative estimate of drug-likeness (QED) is 0.626. The molecule has 0 saturated carbocycles. The van der Waals surface area contributed by atoms with Gasteiger partial charge in [-0.05, 0) is 60.5 Å². The van der Waals surface area contributed by atoms with Gasteiger partial charge in [-0.1, -0.05) is 29.8 Å². The molecular weight excluding hydrogens is 400 g/mol. The Morgan fingerprint density at radius 1 is 1.07 bits per heavy atom. The van der Waals surface area contributed by atoms with Crippen LogP contribution in [0.3, 0.4) is 0 Å². The van der Waals surface area contributed by atoms with Crippen LogP contribution in [0.15, 0.2) is 66.7 Å². The number of carbonyl (C=O) groups is 2. The van der Waals surface area contributed by atoms with Crippen LogP contribution in [0.2, 0.25) is 5.02 Å². The zero-order valence-electron chi connectivity index (χ0n) is 16.5. The summed E-state index contributed by atoms with van der Waals surface area (Å²) in [5, 5.41) is 3.57. The summed E-state index contributed by atoms with van der Waals surface area (Å²) in [6.45, 7) is 2.58. The second kappa shape index (κ2) is 8.59. The molecule has 152 valence electrons. The Balaban J connectivity index is 1.38. The van der Waals surface area contributed by atoms with E-state index < -0.39 is 0 Å². The zero-order valence-corrected chi connectivity index (χ0v) is 17.3. The molecule has 5 nitrogen and oxygen atoms in total. The molecule has 4 rings (SSSR count). The Kier molecular flexibility index (Phi) is 5.72. The van der Waals surface area contributed by atoms with E-state index in [2.05, 4.69) is 5.32 Å². The molecule has 1 heterocycles. The minimum absolute atomic E-state index is 0.0165. The molecule has 3 aromatic rings. The van der Waals surface area contributed by atoms with Gasteiger partial charge in [0, 0.05) is 41.0 Å². The smallest absolute Gasteiger partial charge is 0.255 e. The van der Waals surface area contributed by atoms with Crippen LogP contribution in [-0.2, 0) is 17.8 Å². The van der Waals surface area contributed by atoms with Crippen molar-refractivity contribution in [3.05, 3.63) is 88.4 Å². The summed E-state index contributed by atoms with van der Waals surface area (Å²) in [6.07, 6.45) is 0.757. The molecule has 0 radical (unpaired) electrons. The van der Waals surface area contributed by atoms with Crippen molar-refractivity contribution in [2.75, 3.05) is 16.8 Å². The second-order valence-electron chi connectivity index (χ2n) is 7.12. The first kappa shape index (κ1) is 20.0. The van der Waals surface area contributed by atoms with Crippen molar-refractivity contribution >= 4 is 34.8 Å². The molecule has 1 aliphatic rings. The van der Waals surface area contributed by atoms with Crippen LogP contribution in [0.4, 0.5) is 11.4 Å². The average molecular weight is 421 g/mol. The topological polar surface area (TPSA) is 58.6 Å². The predicted octanol–water partition coefficient (Wildman–Crippen LogP) is 5.08. The first-order valence-electron chi connectivity index (χ1n) is 9.70. The van der Waals surface area contributed by atoms with E-state index in [4.69, 9.17) is 16.3 Å². The summed E-state index contributed by atoms with van der Waals surface area (Å²) < 4.78 is 5.77. The van der Waals surface area contributed by atoms with Crippen LogP contribution >= 0.6 is 11.6 Å². The van der Waals surface area contributed by atoms with Crippen LogP contribution in [0.5, 0.6) is 5.75 Å². The third-order valence-corrected chi connectivity index (χ3v) is 5.45. The van der Waals surface area contributed by atoms with Gasteiger partial charge in [-0.15, -0.1) is 0 Å². The zero-order chi connectivity index (χ0) is 21.1. The molecule has 30 heavy (non-hydrogen) atoms. The van der Waals surface area contributed by atoms with E-state index in [1.54, 1.807) is 42.2 Å². The molecule has 2 amide bonds. The minimum Gasteiger partial charge on any atom is -0.489 e. The lowest BCUT2D eigenvalue weighted by atomic mass is 10.1. The minimum atomic E-state index is -0.191. The van der Waals surface area contributed by atoms with Gasteiger partial charge in [0.05, 0.1) is 0 Å². The molecule has 3 aromatic carbocycles. The van der Waals surface area contributed by atoms with Crippen molar-refractivity contribution in [2.24, 2.45) is 0 Å². The van der Waals surface area contributed by atoms with Crippen molar-refractivity contribution < 1.29 is 14.3 Å². The van der Waals surface area contributed by atoms with Crippen LogP contribution in [0.25, 0.3) is 0 Å². The highest BCUT2D eigenvalue weighted by Crippen LogP contribution is 2.29. The monoisotopic (exact) mass is 420 g/mol. The fourth-order valence-electron chi connectivity index (χ4n) is 3.48. The highest BCUT2D eigenvalue weighted by Gasteiger charge is 2.23. The summed E-state index contributed by atoms with van der Waals surface area (Å²) in [6, 6.07) is 20.2. The van der Waals surface area contributed by atoms with Gasteiger partial charge in [-0.3, -0.25) is 9.59 Å². The Hall–Kier alpha value is -3.31. The Morgan fingerprint density at radius 3 is 2.57 bits per heavy atom. The van der Waals surface area contributed by atoms with Crippen molar-refractivity contribution in [3.63, 3.8) is 0 Å². The van der Waals surface area contributed by atoms with Gasteiger partial charge in [-0.25, -0.2) is 0 Å². The van der Waals surface area contributed by atoms with Crippen LogP contribution < -0.4 is 15.0 Å². The molecular formula is C24H21ClN2O3. The van der Waals surface area contributed by atoms with Crippen molar-refractivity contribution in [3.8, 4) is 5.75 Å². The number of fused-ring (bicyclic) bond motifs is 1. The Labute approximate surface area is 180 Å². The number of anilines is 2. The average Bonchev–Trinajstić information content (AvgIpc) is 3.18. The van der Waals surface area contributed by atoms with Crippen molar-refractivity contribution in [1.82, 2.24) is 0 Å². The Bertz CT molecular complexity index is 1100. The number of nitrogens with one attached hydrogen (secondary N) is 1. The fourth-order valence-corrected chi connectivity index (χ4v) is 3.67. The summed E-state index contributed by atoms with van der Waals surface area (Å²) in [4.78, 5) is 26.0.